The molecular weight excluding hydrogens is 283 g/mol. The number of hydrogen-bond acceptors (Lipinski definition) is 6. The molecule has 1 heterocycles. The fourth-order valence-electron chi connectivity index (χ4n) is 1.67. The molecule has 20 heavy (non-hydrogen) atoms. The van der Waals surface area contributed by atoms with Crippen LogP contribution in [0.25, 0.3) is 0 Å². The van der Waals surface area contributed by atoms with E-state index in [4.69, 9.17) is 0 Å². The summed E-state index contributed by atoms with van der Waals surface area (Å²) >= 11 is 0. The van der Waals surface area contributed by atoms with Gasteiger partial charge in [-0.3, -0.25) is 15.5 Å². The highest BCUT2D eigenvalue weighted by Gasteiger charge is 2.57. The smallest absolute Gasteiger partial charge is 0.438 e. The van der Waals surface area contributed by atoms with E-state index in [1.54, 1.807) is 0 Å². The highest BCUT2D eigenvalue weighted by atomic mass is 19.4. The molecular formula is C10H8F3N3O4. The Morgan fingerprint density at radius 1 is 1.45 bits per heavy atom. The molecule has 2 rings (SSSR count). The van der Waals surface area contributed by atoms with Crippen LogP contribution in [0.5, 0.6) is 5.75 Å². The zero-order valence-electron chi connectivity index (χ0n) is 9.68. The fraction of sp³-hybridized carbons (Fsp3) is 0.300. The van der Waals surface area contributed by atoms with Crippen LogP contribution in [0.4, 0.5) is 18.9 Å². The second-order valence-corrected chi connectivity index (χ2v) is 4.16. The van der Waals surface area contributed by atoms with Crippen LogP contribution in [-0.2, 0) is 0 Å². The second kappa shape index (κ2) is 4.34. The molecule has 0 aliphatic carbocycles. The molecule has 1 aromatic rings. The first-order valence-corrected chi connectivity index (χ1v) is 5.25. The van der Waals surface area contributed by atoms with Crippen molar-refractivity contribution in [1.29, 1.82) is 0 Å². The number of halogens is 3. The Hall–Kier alpha value is -2.36. The van der Waals surface area contributed by atoms with E-state index >= 15 is 0 Å². The molecule has 1 atom stereocenters. The topological polar surface area (TPSA) is 108 Å². The Balaban J connectivity index is 2.35. The first-order valence-electron chi connectivity index (χ1n) is 5.25. The number of alkyl halides is 3. The molecule has 3 N–H and O–H groups in total. The summed E-state index contributed by atoms with van der Waals surface area (Å²) in [5, 5.41) is 32.8. The summed E-state index contributed by atoms with van der Waals surface area (Å²) in [7, 11) is 0. The lowest BCUT2D eigenvalue weighted by molar-refractivity contribution is -0.384. The van der Waals surface area contributed by atoms with E-state index in [9.17, 15) is 33.5 Å². The van der Waals surface area contributed by atoms with E-state index in [1.807, 2.05) is 0 Å². The van der Waals surface area contributed by atoms with Crippen molar-refractivity contribution < 1.29 is 28.3 Å². The monoisotopic (exact) mass is 291 g/mol. The first kappa shape index (κ1) is 14.1. The number of nitrogens with one attached hydrogen (secondary N) is 1. The lowest BCUT2D eigenvalue weighted by Gasteiger charge is -2.24. The SMILES string of the molecule is O=[N+]([O-])c1ccc(O)c(C2=NN[C@](O)(C(F)(F)F)C2)c1. The predicted octanol–water partition coefficient (Wildman–Crippen LogP) is 1.25. The number of benzene rings is 1. The number of rotatable bonds is 2. The van der Waals surface area contributed by atoms with Gasteiger partial charge in [-0.05, 0) is 6.07 Å². The molecule has 0 saturated carbocycles. The maximum atomic E-state index is 12.6. The van der Waals surface area contributed by atoms with Crippen molar-refractivity contribution in [3.63, 3.8) is 0 Å². The van der Waals surface area contributed by atoms with Crippen molar-refractivity contribution >= 4 is 11.4 Å². The lowest BCUT2D eigenvalue weighted by atomic mass is 10.0. The van der Waals surface area contributed by atoms with Gasteiger partial charge in [-0.15, -0.1) is 0 Å². The number of nitro benzene ring substituents is 1. The molecule has 10 heteroatoms. The summed E-state index contributed by atoms with van der Waals surface area (Å²) in [6.07, 6.45) is -5.94. The van der Waals surface area contributed by atoms with Crippen LogP contribution in [0.15, 0.2) is 23.3 Å². The quantitative estimate of drug-likeness (QED) is 0.561. The highest BCUT2D eigenvalue weighted by molar-refractivity contribution is 6.04. The summed E-state index contributed by atoms with van der Waals surface area (Å²) in [5.41, 5.74) is -2.70. The third kappa shape index (κ3) is 2.25. The average molecular weight is 291 g/mol. The molecule has 1 aliphatic heterocycles. The Morgan fingerprint density at radius 3 is 2.60 bits per heavy atom. The number of hydrazone groups is 1. The number of nitrogens with zero attached hydrogens (tertiary/aromatic N) is 2. The number of non-ortho nitro benzene ring substituents is 1. The van der Waals surface area contributed by atoms with Crippen molar-refractivity contribution in [2.75, 3.05) is 0 Å². The third-order valence-corrected chi connectivity index (χ3v) is 2.77. The predicted molar refractivity (Wildman–Crippen MR) is 60.1 cm³/mol. The highest BCUT2D eigenvalue weighted by Crippen LogP contribution is 2.36. The minimum absolute atomic E-state index is 0.244. The number of phenols is 1. The molecule has 0 amide bonds. The molecule has 0 spiro atoms. The van der Waals surface area contributed by atoms with Crippen molar-refractivity contribution in [1.82, 2.24) is 5.43 Å². The van der Waals surface area contributed by atoms with E-state index in [2.05, 4.69) is 5.10 Å². The lowest BCUT2D eigenvalue weighted by Crippen LogP contribution is -2.52. The largest absolute Gasteiger partial charge is 0.507 e. The molecule has 0 radical (unpaired) electrons. The number of nitro groups is 1. The minimum Gasteiger partial charge on any atom is -0.507 e. The fourth-order valence-corrected chi connectivity index (χ4v) is 1.67. The molecule has 0 saturated heterocycles. The number of aromatic hydroxyl groups is 1. The number of phenolic OH excluding ortho intramolecular Hbond substituents is 1. The van der Waals surface area contributed by atoms with Gasteiger partial charge >= 0.3 is 6.18 Å². The number of aliphatic hydroxyl groups is 1. The molecule has 108 valence electrons. The Bertz CT molecular complexity index is 602. The summed E-state index contributed by atoms with van der Waals surface area (Å²) in [5.74, 6) is -0.470. The maximum absolute atomic E-state index is 12.6. The van der Waals surface area contributed by atoms with Gasteiger partial charge in [0.25, 0.3) is 11.4 Å². The van der Waals surface area contributed by atoms with Gasteiger partial charge in [0.2, 0.25) is 0 Å². The zero-order chi connectivity index (χ0) is 15.1. The van der Waals surface area contributed by atoms with E-state index in [-0.39, 0.29) is 11.3 Å². The van der Waals surface area contributed by atoms with Gasteiger partial charge in [0.15, 0.2) is 0 Å². The van der Waals surface area contributed by atoms with Crippen LogP contribution < -0.4 is 5.43 Å². The summed E-state index contributed by atoms with van der Waals surface area (Å²) in [4.78, 5) is 9.84. The Labute approximate surface area is 109 Å². The Morgan fingerprint density at radius 2 is 2.10 bits per heavy atom. The van der Waals surface area contributed by atoms with E-state index in [0.717, 1.165) is 18.2 Å². The molecule has 1 aliphatic rings. The Kier molecular flexibility index (Phi) is 3.05. The summed E-state index contributed by atoms with van der Waals surface area (Å²) in [6.45, 7) is 0. The minimum atomic E-state index is -4.98. The molecule has 0 bridgehead atoms. The second-order valence-electron chi connectivity index (χ2n) is 4.16. The van der Waals surface area contributed by atoms with Crippen LogP contribution in [0.2, 0.25) is 0 Å². The van der Waals surface area contributed by atoms with E-state index in [0.29, 0.717) is 0 Å². The van der Waals surface area contributed by atoms with Gasteiger partial charge in [-0.1, -0.05) is 0 Å². The van der Waals surface area contributed by atoms with Crippen LogP contribution in [0, 0.1) is 10.1 Å². The van der Waals surface area contributed by atoms with Crippen molar-refractivity contribution in [2.45, 2.75) is 18.3 Å². The molecule has 0 aromatic heterocycles. The van der Waals surface area contributed by atoms with Gasteiger partial charge in [0.1, 0.15) is 5.75 Å². The molecule has 0 unspecified atom stereocenters. The summed E-state index contributed by atoms with van der Waals surface area (Å²) < 4.78 is 37.8. The van der Waals surface area contributed by atoms with E-state index in [1.165, 1.54) is 5.43 Å². The number of hydrogen-bond donors (Lipinski definition) is 3. The molecule has 7 nitrogen and oxygen atoms in total. The first-order chi connectivity index (χ1) is 9.14. The molecule has 1 aromatic carbocycles. The van der Waals surface area contributed by atoms with Gasteiger partial charge in [0.05, 0.1) is 17.1 Å². The molecule has 0 fully saturated rings. The normalized spacial score (nSPS) is 22.3. The van der Waals surface area contributed by atoms with Gasteiger partial charge < -0.3 is 10.2 Å². The van der Waals surface area contributed by atoms with Crippen molar-refractivity contribution in [2.24, 2.45) is 5.10 Å². The third-order valence-electron chi connectivity index (χ3n) is 2.77. The van der Waals surface area contributed by atoms with Crippen LogP contribution in [0.3, 0.4) is 0 Å². The van der Waals surface area contributed by atoms with Gasteiger partial charge in [-0.2, -0.15) is 18.3 Å². The standard InChI is InChI=1S/C10H8F3N3O4/c11-10(12,13)9(18)4-7(14-15-9)6-3-5(16(19)20)1-2-8(6)17/h1-3,15,17-18H,4H2/t9-/m1/s1. The van der Waals surface area contributed by atoms with Crippen molar-refractivity contribution in [3.05, 3.63) is 33.9 Å². The van der Waals surface area contributed by atoms with Gasteiger partial charge in [-0.25, -0.2) is 0 Å². The van der Waals surface area contributed by atoms with Gasteiger partial charge in [0, 0.05) is 17.7 Å². The maximum Gasteiger partial charge on any atom is 0.438 e. The van der Waals surface area contributed by atoms with Crippen LogP contribution in [0.1, 0.15) is 12.0 Å². The van der Waals surface area contributed by atoms with Crippen molar-refractivity contribution in [3.8, 4) is 5.75 Å². The van der Waals surface area contributed by atoms with Crippen LogP contribution in [-0.4, -0.2) is 32.7 Å². The zero-order valence-corrected chi connectivity index (χ0v) is 9.68. The summed E-state index contributed by atoms with van der Waals surface area (Å²) in [6, 6.07) is 2.86. The average Bonchev–Trinajstić information content (AvgIpc) is 2.72. The van der Waals surface area contributed by atoms with Crippen LogP contribution >= 0.6 is 0 Å². The van der Waals surface area contributed by atoms with E-state index < -0.39 is 34.7 Å².